The number of halogens is 3. The largest absolute Gasteiger partial charge is 0.418 e. The highest BCUT2D eigenvalue weighted by molar-refractivity contribution is 5.15. The Labute approximate surface area is 166 Å². The first-order valence-corrected chi connectivity index (χ1v) is 10.2. The number of hydrogen-bond donors (Lipinski definition) is 2. The molecule has 0 aliphatic heterocycles. The molecule has 0 spiro atoms. The van der Waals surface area contributed by atoms with Gasteiger partial charge in [0.05, 0.1) is 6.10 Å². The molecule has 0 heterocycles. The standard InChI is InChI=1S/C22H34F3NO2/c1-5-21(28,22(23,24)25)15-26(14-17-9-7-6-8-10-17)20(3,4)18-12-11-16(2)13-19(18)27/h6-10,16,18-19,27-28H,5,11-15H2,1-4H3/t16-,18-,19-,21+/m1/s1. The number of alkyl halides is 3. The first-order valence-electron chi connectivity index (χ1n) is 10.2. The van der Waals surface area contributed by atoms with E-state index >= 15 is 0 Å². The van der Waals surface area contributed by atoms with Crippen LogP contribution < -0.4 is 0 Å². The molecule has 1 saturated carbocycles. The SMILES string of the molecule is CC[C@](O)(CN(Cc1ccccc1)C(C)(C)[C@@H]1CC[C@@H](C)C[C@H]1O)C(F)(F)F. The molecule has 1 fully saturated rings. The van der Waals surface area contributed by atoms with Crippen LogP contribution in [0.3, 0.4) is 0 Å². The van der Waals surface area contributed by atoms with Crippen molar-refractivity contribution >= 4 is 0 Å². The van der Waals surface area contributed by atoms with Gasteiger partial charge in [-0.2, -0.15) is 13.2 Å². The molecule has 6 heteroatoms. The van der Waals surface area contributed by atoms with E-state index in [2.05, 4.69) is 6.92 Å². The molecule has 0 radical (unpaired) electrons. The second-order valence-electron chi connectivity index (χ2n) is 8.97. The summed E-state index contributed by atoms with van der Waals surface area (Å²) in [6, 6.07) is 9.33. The van der Waals surface area contributed by atoms with Crippen molar-refractivity contribution < 1.29 is 23.4 Å². The van der Waals surface area contributed by atoms with Gasteiger partial charge in [-0.25, -0.2) is 0 Å². The Balaban J connectivity index is 2.36. The molecule has 0 saturated heterocycles. The second kappa shape index (κ2) is 8.72. The van der Waals surface area contributed by atoms with Crippen molar-refractivity contribution in [3.63, 3.8) is 0 Å². The first-order chi connectivity index (χ1) is 12.9. The number of aliphatic hydroxyl groups excluding tert-OH is 1. The molecule has 1 aromatic carbocycles. The van der Waals surface area contributed by atoms with Crippen LogP contribution in [0.5, 0.6) is 0 Å². The molecule has 1 aliphatic rings. The van der Waals surface area contributed by atoms with Crippen molar-refractivity contribution in [2.75, 3.05) is 6.54 Å². The van der Waals surface area contributed by atoms with Crippen LogP contribution in [-0.2, 0) is 6.54 Å². The predicted octanol–water partition coefficient (Wildman–Crippen LogP) is 4.77. The van der Waals surface area contributed by atoms with Gasteiger partial charge in [0.25, 0.3) is 0 Å². The molecule has 2 N–H and O–H groups in total. The fraction of sp³-hybridized carbons (Fsp3) is 0.727. The van der Waals surface area contributed by atoms with Crippen LogP contribution in [0.4, 0.5) is 13.2 Å². The zero-order chi connectivity index (χ0) is 21.2. The Morgan fingerprint density at radius 3 is 2.21 bits per heavy atom. The van der Waals surface area contributed by atoms with E-state index in [-0.39, 0.29) is 12.5 Å². The highest BCUT2D eigenvalue weighted by Gasteiger charge is 2.55. The van der Waals surface area contributed by atoms with E-state index < -0.39 is 36.4 Å². The van der Waals surface area contributed by atoms with E-state index in [9.17, 15) is 23.4 Å². The Bertz CT molecular complexity index is 620. The number of hydrogen-bond acceptors (Lipinski definition) is 3. The lowest BCUT2D eigenvalue weighted by molar-refractivity contribution is -0.271. The normalized spacial score (nSPS) is 26.3. The minimum atomic E-state index is -4.72. The lowest BCUT2D eigenvalue weighted by atomic mass is 9.70. The molecule has 3 nitrogen and oxygen atoms in total. The number of nitrogens with zero attached hydrogens (tertiary/aromatic N) is 1. The molecular weight excluding hydrogens is 367 g/mol. The summed E-state index contributed by atoms with van der Waals surface area (Å²) in [6.45, 7) is 7.00. The lowest BCUT2D eigenvalue weighted by Crippen LogP contribution is -2.61. The summed E-state index contributed by atoms with van der Waals surface area (Å²) in [5.74, 6) is 0.258. The minimum absolute atomic E-state index is 0.151. The maximum atomic E-state index is 13.6. The van der Waals surface area contributed by atoms with Gasteiger partial charge in [-0.1, -0.05) is 50.6 Å². The molecule has 0 unspecified atom stereocenters. The Morgan fingerprint density at radius 1 is 1.11 bits per heavy atom. The van der Waals surface area contributed by atoms with Crippen molar-refractivity contribution in [1.29, 1.82) is 0 Å². The van der Waals surface area contributed by atoms with E-state index in [1.165, 1.54) is 6.92 Å². The summed E-state index contributed by atoms with van der Waals surface area (Å²) < 4.78 is 40.9. The van der Waals surface area contributed by atoms with Crippen molar-refractivity contribution in [2.45, 2.75) is 83.3 Å². The zero-order valence-corrected chi connectivity index (χ0v) is 17.3. The van der Waals surface area contributed by atoms with Gasteiger partial charge in [0.1, 0.15) is 0 Å². The van der Waals surface area contributed by atoms with Crippen molar-refractivity contribution in [2.24, 2.45) is 11.8 Å². The van der Waals surface area contributed by atoms with Crippen LogP contribution in [0.1, 0.15) is 58.9 Å². The van der Waals surface area contributed by atoms with Crippen LogP contribution in [-0.4, -0.2) is 45.1 Å². The van der Waals surface area contributed by atoms with E-state index in [4.69, 9.17) is 0 Å². The maximum Gasteiger partial charge on any atom is 0.418 e. The van der Waals surface area contributed by atoms with Crippen molar-refractivity contribution in [1.82, 2.24) is 4.90 Å². The summed E-state index contributed by atoms with van der Waals surface area (Å²) >= 11 is 0. The fourth-order valence-corrected chi connectivity index (χ4v) is 4.39. The maximum absolute atomic E-state index is 13.6. The quantitative estimate of drug-likeness (QED) is 0.692. The van der Waals surface area contributed by atoms with Crippen molar-refractivity contribution in [3.05, 3.63) is 35.9 Å². The third-order valence-corrected chi connectivity index (χ3v) is 6.58. The monoisotopic (exact) mass is 401 g/mol. The molecule has 0 amide bonds. The highest BCUT2D eigenvalue weighted by atomic mass is 19.4. The zero-order valence-electron chi connectivity index (χ0n) is 17.3. The van der Waals surface area contributed by atoms with Crippen LogP contribution in [0, 0.1) is 11.8 Å². The van der Waals surface area contributed by atoms with Crippen LogP contribution >= 0.6 is 0 Å². The summed E-state index contributed by atoms with van der Waals surface area (Å²) in [6.07, 6.45) is -3.32. The predicted molar refractivity (Wildman–Crippen MR) is 105 cm³/mol. The van der Waals surface area contributed by atoms with Crippen LogP contribution in [0.2, 0.25) is 0 Å². The molecule has 0 bridgehead atoms. The summed E-state index contributed by atoms with van der Waals surface area (Å²) in [4.78, 5) is 1.71. The van der Waals surface area contributed by atoms with E-state index in [1.807, 2.05) is 44.2 Å². The molecular formula is C22H34F3NO2. The first kappa shape index (κ1) is 23.2. The Kier molecular flexibility index (Phi) is 7.22. The minimum Gasteiger partial charge on any atom is -0.393 e. The number of benzene rings is 1. The third kappa shape index (κ3) is 5.08. The number of rotatable bonds is 7. The average molecular weight is 402 g/mol. The molecule has 4 atom stereocenters. The molecule has 28 heavy (non-hydrogen) atoms. The topological polar surface area (TPSA) is 43.7 Å². The van der Waals surface area contributed by atoms with E-state index in [0.29, 0.717) is 12.3 Å². The van der Waals surface area contributed by atoms with Crippen molar-refractivity contribution in [3.8, 4) is 0 Å². The summed E-state index contributed by atoms with van der Waals surface area (Å²) in [7, 11) is 0. The van der Waals surface area contributed by atoms with Gasteiger partial charge in [-0.05, 0) is 44.6 Å². The van der Waals surface area contributed by atoms with Gasteiger partial charge in [0.2, 0.25) is 0 Å². The molecule has 0 aromatic heterocycles. The van der Waals surface area contributed by atoms with E-state index in [1.54, 1.807) is 4.90 Å². The molecule has 160 valence electrons. The fourth-order valence-electron chi connectivity index (χ4n) is 4.39. The van der Waals surface area contributed by atoms with Gasteiger partial charge < -0.3 is 10.2 Å². The summed E-state index contributed by atoms with van der Waals surface area (Å²) in [5, 5.41) is 21.1. The lowest BCUT2D eigenvalue weighted by Gasteiger charge is -2.50. The molecule has 1 aromatic rings. The van der Waals surface area contributed by atoms with Crippen LogP contribution in [0.25, 0.3) is 0 Å². The number of aliphatic hydroxyl groups is 2. The van der Waals surface area contributed by atoms with Gasteiger partial charge >= 0.3 is 6.18 Å². The Morgan fingerprint density at radius 2 is 1.71 bits per heavy atom. The van der Waals surface area contributed by atoms with Gasteiger partial charge in [-0.15, -0.1) is 0 Å². The molecule has 1 aliphatic carbocycles. The smallest absolute Gasteiger partial charge is 0.393 e. The van der Waals surface area contributed by atoms with Gasteiger partial charge in [0, 0.05) is 24.5 Å². The van der Waals surface area contributed by atoms with Gasteiger partial charge in [-0.3, -0.25) is 4.90 Å². The molecule has 2 rings (SSSR count). The third-order valence-electron chi connectivity index (χ3n) is 6.58. The van der Waals surface area contributed by atoms with Gasteiger partial charge in [0.15, 0.2) is 5.60 Å². The van der Waals surface area contributed by atoms with Crippen LogP contribution in [0.15, 0.2) is 30.3 Å². The Hall–Kier alpha value is -1.11. The second-order valence-corrected chi connectivity index (χ2v) is 8.97. The average Bonchev–Trinajstić information content (AvgIpc) is 2.60. The summed E-state index contributed by atoms with van der Waals surface area (Å²) in [5.41, 5.74) is -2.61. The number of β-amino-alcohol motifs (C(OH)–C–C–N with tert-alkyl or cyclic N) is 1. The van der Waals surface area contributed by atoms with E-state index in [0.717, 1.165) is 18.4 Å². The highest BCUT2D eigenvalue weighted by Crippen LogP contribution is 2.42.